The minimum atomic E-state index is -0.234. The molecule has 1 heterocycles. The Bertz CT molecular complexity index is 582. The predicted octanol–water partition coefficient (Wildman–Crippen LogP) is 3.55. The fourth-order valence-electron chi connectivity index (χ4n) is 2.70. The van der Waals surface area contributed by atoms with Crippen LogP contribution in [-0.4, -0.2) is 25.8 Å². The van der Waals surface area contributed by atoms with E-state index in [1.54, 1.807) is 12.1 Å². The standard InChI is InChI=1S/C17H19ClO4/c18-14-8-13(9-15-17(14)21-7-6-20-15)10-16(19)22-11-12-4-2-1-3-5-12/h1-2,8-9,12H,3-7,10-11H2. The van der Waals surface area contributed by atoms with Crippen LogP contribution < -0.4 is 9.47 Å². The zero-order valence-electron chi connectivity index (χ0n) is 12.3. The number of carbonyl (C=O) groups excluding carboxylic acids is 1. The predicted molar refractivity (Wildman–Crippen MR) is 83.6 cm³/mol. The maximum absolute atomic E-state index is 12.0. The Labute approximate surface area is 135 Å². The van der Waals surface area contributed by atoms with Crippen LogP contribution in [0.2, 0.25) is 5.02 Å². The lowest BCUT2D eigenvalue weighted by Gasteiger charge is -2.20. The second-order valence-corrected chi connectivity index (χ2v) is 6.02. The van der Waals surface area contributed by atoms with E-state index in [4.69, 9.17) is 25.8 Å². The van der Waals surface area contributed by atoms with Gasteiger partial charge in [0.25, 0.3) is 0 Å². The maximum Gasteiger partial charge on any atom is 0.310 e. The van der Waals surface area contributed by atoms with E-state index in [9.17, 15) is 4.79 Å². The lowest BCUT2D eigenvalue weighted by Crippen LogP contribution is -2.18. The topological polar surface area (TPSA) is 44.8 Å². The maximum atomic E-state index is 12.0. The van der Waals surface area contributed by atoms with E-state index in [-0.39, 0.29) is 12.4 Å². The molecule has 1 aliphatic carbocycles. The zero-order chi connectivity index (χ0) is 15.4. The summed E-state index contributed by atoms with van der Waals surface area (Å²) in [6, 6.07) is 3.53. The van der Waals surface area contributed by atoms with E-state index in [0.29, 0.717) is 42.3 Å². The molecule has 0 N–H and O–H groups in total. The Hall–Kier alpha value is -1.68. The summed E-state index contributed by atoms with van der Waals surface area (Å²) in [6.45, 7) is 1.47. The molecule has 0 saturated carbocycles. The number of esters is 1. The third-order valence-corrected chi connectivity index (χ3v) is 4.14. The molecule has 1 aromatic rings. The van der Waals surface area contributed by atoms with Crippen LogP contribution in [0.1, 0.15) is 24.8 Å². The summed E-state index contributed by atoms with van der Waals surface area (Å²) in [7, 11) is 0. The van der Waals surface area contributed by atoms with Crippen molar-refractivity contribution in [1.29, 1.82) is 0 Å². The van der Waals surface area contributed by atoms with E-state index < -0.39 is 0 Å². The van der Waals surface area contributed by atoms with Gasteiger partial charge in [-0.25, -0.2) is 0 Å². The second kappa shape index (κ2) is 7.05. The van der Waals surface area contributed by atoms with Crippen molar-refractivity contribution in [1.82, 2.24) is 0 Å². The molecule has 1 atom stereocenters. The summed E-state index contributed by atoms with van der Waals surface area (Å²) < 4.78 is 16.4. The van der Waals surface area contributed by atoms with Gasteiger partial charge >= 0.3 is 5.97 Å². The lowest BCUT2D eigenvalue weighted by molar-refractivity contribution is -0.144. The first-order valence-corrected chi connectivity index (χ1v) is 7.99. The third kappa shape index (κ3) is 3.74. The van der Waals surface area contributed by atoms with E-state index in [2.05, 4.69) is 12.2 Å². The van der Waals surface area contributed by atoms with E-state index in [1.165, 1.54) is 0 Å². The number of allylic oxidation sites excluding steroid dienone is 2. The van der Waals surface area contributed by atoms with Crippen molar-refractivity contribution in [3.05, 3.63) is 34.9 Å². The van der Waals surface area contributed by atoms with Gasteiger partial charge in [-0.1, -0.05) is 23.8 Å². The molecule has 4 nitrogen and oxygen atoms in total. The van der Waals surface area contributed by atoms with Gasteiger partial charge in [0.05, 0.1) is 18.1 Å². The average molecular weight is 323 g/mol. The van der Waals surface area contributed by atoms with Crippen molar-refractivity contribution in [2.75, 3.05) is 19.8 Å². The Morgan fingerprint density at radius 1 is 1.27 bits per heavy atom. The number of hydrogen-bond donors (Lipinski definition) is 0. The molecule has 3 rings (SSSR count). The molecule has 0 saturated heterocycles. The van der Waals surface area contributed by atoms with Gasteiger partial charge in [0.15, 0.2) is 11.5 Å². The first kappa shape index (κ1) is 15.2. The van der Waals surface area contributed by atoms with Gasteiger partial charge in [-0.3, -0.25) is 4.79 Å². The van der Waals surface area contributed by atoms with Crippen molar-refractivity contribution in [3.63, 3.8) is 0 Å². The van der Waals surface area contributed by atoms with Crippen LogP contribution in [0.4, 0.5) is 0 Å². The van der Waals surface area contributed by atoms with Crippen LogP contribution in [0.3, 0.4) is 0 Å². The monoisotopic (exact) mass is 322 g/mol. The molecule has 2 aliphatic rings. The van der Waals surface area contributed by atoms with Gasteiger partial charge in [0, 0.05) is 0 Å². The fraction of sp³-hybridized carbons (Fsp3) is 0.471. The Kier molecular flexibility index (Phi) is 4.88. The van der Waals surface area contributed by atoms with Crippen LogP contribution in [0.5, 0.6) is 11.5 Å². The number of fused-ring (bicyclic) bond motifs is 1. The van der Waals surface area contributed by atoms with E-state index >= 15 is 0 Å². The average Bonchev–Trinajstić information content (AvgIpc) is 2.54. The highest BCUT2D eigenvalue weighted by atomic mass is 35.5. The number of carbonyl (C=O) groups is 1. The quantitative estimate of drug-likeness (QED) is 0.628. The van der Waals surface area contributed by atoms with Crippen molar-refractivity contribution in [3.8, 4) is 11.5 Å². The number of ether oxygens (including phenoxy) is 3. The first-order valence-electron chi connectivity index (χ1n) is 7.61. The lowest BCUT2D eigenvalue weighted by atomic mass is 9.95. The molecule has 22 heavy (non-hydrogen) atoms. The number of halogens is 1. The van der Waals surface area contributed by atoms with Crippen LogP contribution >= 0.6 is 11.6 Å². The number of benzene rings is 1. The van der Waals surface area contributed by atoms with Crippen molar-refractivity contribution >= 4 is 17.6 Å². The van der Waals surface area contributed by atoms with Crippen LogP contribution in [0, 0.1) is 5.92 Å². The summed E-state index contributed by atoms with van der Waals surface area (Å²) in [4.78, 5) is 12.0. The van der Waals surface area contributed by atoms with E-state index in [1.807, 2.05) is 0 Å². The molecular weight excluding hydrogens is 304 g/mol. The minimum Gasteiger partial charge on any atom is -0.486 e. The number of rotatable bonds is 4. The van der Waals surface area contributed by atoms with Crippen molar-refractivity contribution < 1.29 is 19.0 Å². The van der Waals surface area contributed by atoms with Gasteiger partial charge in [-0.15, -0.1) is 0 Å². The minimum absolute atomic E-state index is 0.193. The van der Waals surface area contributed by atoms with Crippen LogP contribution in [-0.2, 0) is 16.0 Å². The van der Waals surface area contributed by atoms with Crippen LogP contribution in [0.15, 0.2) is 24.3 Å². The fourth-order valence-corrected chi connectivity index (χ4v) is 2.99. The molecule has 0 amide bonds. The molecule has 0 bridgehead atoms. The van der Waals surface area contributed by atoms with Crippen LogP contribution in [0.25, 0.3) is 0 Å². The summed E-state index contributed by atoms with van der Waals surface area (Å²) in [5, 5.41) is 0.470. The molecular formula is C17H19ClO4. The molecule has 5 heteroatoms. The molecule has 1 unspecified atom stereocenters. The molecule has 0 spiro atoms. The molecule has 1 aliphatic heterocycles. The largest absolute Gasteiger partial charge is 0.486 e. The van der Waals surface area contributed by atoms with Crippen molar-refractivity contribution in [2.24, 2.45) is 5.92 Å². The molecule has 0 aromatic heterocycles. The highest BCUT2D eigenvalue weighted by Gasteiger charge is 2.18. The Morgan fingerprint density at radius 2 is 2.14 bits per heavy atom. The second-order valence-electron chi connectivity index (χ2n) is 5.61. The molecule has 0 radical (unpaired) electrons. The first-order chi connectivity index (χ1) is 10.7. The Morgan fingerprint density at radius 3 is 2.95 bits per heavy atom. The van der Waals surface area contributed by atoms with Gasteiger partial charge in [0.1, 0.15) is 13.2 Å². The summed E-state index contributed by atoms with van der Waals surface area (Å²) in [5.41, 5.74) is 0.780. The Balaban J connectivity index is 1.57. The third-order valence-electron chi connectivity index (χ3n) is 3.86. The summed E-state index contributed by atoms with van der Waals surface area (Å²) in [5.74, 6) is 1.36. The molecule has 1 aromatic carbocycles. The van der Waals surface area contributed by atoms with Gasteiger partial charge in [0.2, 0.25) is 0 Å². The number of hydrogen-bond acceptors (Lipinski definition) is 4. The van der Waals surface area contributed by atoms with Gasteiger partial charge < -0.3 is 14.2 Å². The van der Waals surface area contributed by atoms with E-state index in [0.717, 1.165) is 24.8 Å². The molecule has 118 valence electrons. The SMILES string of the molecule is O=C(Cc1cc(Cl)c2c(c1)OCCO2)OCC1CC=CCC1. The normalized spacial score (nSPS) is 19.8. The van der Waals surface area contributed by atoms with Gasteiger partial charge in [-0.2, -0.15) is 0 Å². The zero-order valence-corrected chi connectivity index (χ0v) is 13.1. The molecule has 0 fully saturated rings. The van der Waals surface area contributed by atoms with Gasteiger partial charge in [-0.05, 0) is 42.9 Å². The summed E-state index contributed by atoms with van der Waals surface area (Å²) in [6.07, 6.45) is 7.67. The smallest absolute Gasteiger partial charge is 0.310 e. The summed E-state index contributed by atoms with van der Waals surface area (Å²) >= 11 is 6.16. The highest BCUT2D eigenvalue weighted by Crippen LogP contribution is 2.38. The highest BCUT2D eigenvalue weighted by molar-refractivity contribution is 6.32. The van der Waals surface area contributed by atoms with Crippen molar-refractivity contribution in [2.45, 2.75) is 25.7 Å².